The van der Waals surface area contributed by atoms with Crippen LogP contribution in [0, 0.1) is 0 Å². The summed E-state index contributed by atoms with van der Waals surface area (Å²) in [6.45, 7) is 0. The summed E-state index contributed by atoms with van der Waals surface area (Å²) in [5, 5.41) is 0.488. The quantitative estimate of drug-likeness (QED) is 0.621. The molecule has 0 aliphatic carbocycles. The maximum atomic E-state index is 5.44. The second-order valence-electron chi connectivity index (χ2n) is 1.24. The molecule has 3 nitrogen and oxygen atoms in total. The zero-order valence-corrected chi connectivity index (χ0v) is 5.07. The molecule has 0 aromatic carbocycles. The number of halogens is 1. The van der Waals surface area contributed by atoms with Gasteiger partial charge in [0.2, 0.25) is 0 Å². The van der Waals surface area contributed by atoms with Crippen molar-refractivity contribution in [3.05, 3.63) is 11.3 Å². The van der Waals surface area contributed by atoms with Gasteiger partial charge in [0.25, 0.3) is 6.01 Å². The Balaban J connectivity index is 2.84. The van der Waals surface area contributed by atoms with Gasteiger partial charge in [-0.3, -0.25) is 4.98 Å². The third kappa shape index (κ3) is 0.924. The molecule has 0 amide bonds. The van der Waals surface area contributed by atoms with Gasteiger partial charge in [0.05, 0.1) is 13.3 Å². The van der Waals surface area contributed by atoms with Crippen LogP contribution in [0.3, 0.4) is 0 Å². The molecule has 0 radical (unpaired) electrons. The van der Waals surface area contributed by atoms with Crippen molar-refractivity contribution in [3.8, 4) is 6.01 Å². The predicted molar refractivity (Wildman–Crippen MR) is 30.1 cm³/mol. The molecule has 0 saturated carbocycles. The van der Waals surface area contributed by atoms with Gasteiger partial charge in [-0.05, 0) is 0 Å². The molecule has 1 N–H and O–H groups in total. The van der Waals surface area contributed by atoms with Crippen LogP contribution in [0.25, 0.3) is 0 Å². The molecule has 1 rings (SSSR count). The van der Waals surface area contributed by atoms with Crippen molar-refractivity contribution in [2.24, 2.45) is 0 Å². The second-order valence-corrected chi connectivity index (χ2v) is 1.65. The summed E-state index contributed by atoms with van der Waals surface area (Å²) in [5.41, 5.74) is 0. The average molecular weight is 133 g/mol. The number of rotatable bonds is 1. The molecule has 1 heterocycles. The van der Waals surface area contributed by atoms with E-state index in [-0.39, 0.29) is 0 Å². The minimum Gasteiger partial charge on any atom is -0.468 e. The number of aromatic amines is 1. The number of nitrogens with one attached hydrogen (secondary N) is 1. The largest absolute Gasteiger partial charge is 0.468 e. The lowest BCUT2D eigenvalue weighted by Crippen LogP contribution is -1.82. The Morgan fingerprint density at radius 2 is 2.62 bits per heavy atom. The van der Waals surface area contributed by atoms with E-state index >= 15 is 0 Å². The standard InChI is InChI=1S/C4H5ClN2O/c1-8-4-6-2-3(5)7-4/h2H,1H3,(H,6,7). The van der Waals surface area contributed by atoms with Gasteiger partial charge in [-0.15, -0.1) is 0 Å². The summed E-state index contributed by atoms with van der Waals surface area (Å²) in [6, 6.07) is 0.440. The molecule has 0 aliphatic rings. The molecule has 0 saturated heterocycles. The highest BCUT2D eigenvalue weighted by atomic mass is 35.5. The zero-order valence-electron chi connectivity index (χ0n) is 4.31. The molecule has 0 fully saturated rings. The van der Waals surface area contributed by atoms with Crippen molar-refractivity contribution >= 4 is 11.6 Å². The molecule has 44 valence electrons. The molecular weight excluding hydrogens is 128 g/mol. The predicted octanol–water partition coefficient (Wildman–Crippen LogP) is 1.07. The van der Waals surface area contributed by atoms with Crippen LogP contribution in [-0.2, 0) is 0 Å². The number of imidazole rings is 1. The van der Waals surface area contributed by atoms with E-state index in [1.807, 2.05) is 0 Å². The maximum absolute atomic E-state index is 5.44. The van der Waals surface area contributed by atoms with Crippen molar-refractivity contribution in [3.63, 3.8) is 0 Å². The summed E-state index contributed by atoms with van der Waals surface area (Å²) >= 11 is 5.44. The topological polar surface area (TPSA) is 37.9 Å². The first-order valence-corrected chi connectivity index (χ1v) is 2.45. The first-order valence-electron chi connectivity index (χ1n) is 2.07. The third-order valence-corrected chi connectivity index (χ3v) is 0.907. The van der Waals surface area contributed by atoms with E-state index in [1.54, 1.807) is 0 Å². The van der Waals surface area contributed by atoms with E-state index in [9.17, 15) is 0 Å². The van der Waals surface area contributed by atoms with Gasteiger partial charge in [-0.25, -0.2) is 4.98 Å². The zero-order chi connectivity index (χ0) is 5.98. The monoisotopic (exact) mass is 132 g/mol. The van der Waals surface area contributed by atoms with E-state index in [1.165, 1.54) is 13.3 Å². The Morgan fingerprint density at radius 1 is 1.88 bits per heavy atom. The Morgan fingerprint density at radius 3 is 2.88 bits per heavy atom. The Kier molecular flexibility index (Phi) is 1.39. The number of hydrogen-bond acceptors (Lipinski definition) is 2. The van der Waals surface area contributed by atoms with Crippen LogP contribution in [-0.4, -0.2) is 17.1 Å². The maximum Gasteiger partial charge on any atom is 0.294 e. The van der Waals surface area contributed by atoms with Crippen LogP contribution < -0.4 is 4.74 Å². The van der Waals surface area contributed by atoms with Gasteiger partial charge < -0.3 is 4.74 Å². The lowest BCUT2D eigenvalue weighted by atomic mass is 11.0. The molecule has 4 heteroatoms. The Labute approximate surface area is 51.6 Å². The average Bonchev–Trinajstić information content (AvgIpc) is 2.14. The van der Waals surface area contributed by atoms with E-state index in [0.29, 0.717) is 11.2 Å². The number of nitrogens with zero attached hydrogens (tertiary/aromatic N) is 1. The first-order chi connectivity index (χ1) is 3.83. The number of aromatic nitrogens is 2. The van der Waals surface area contributed by atoms with Crippen LogP contribution >= 0.6 is 11.6 Å². The molecule has 8 heavy (non-hydrogen) atoms. The summed E-state index contributed by atoms with van der Waals surface area (Å²) in [4.78, 5) is 6.38. The number of ether oxygens (including phenoxy) is 1. The Hall–Kier alpha value is -0.700. The summed E-state index contributed by atoms with van der Waals surface area (Å²) in [7, 11) is 1.52. The second kappa shape index (κ2) is 2.05. The highest BCUT2D eigenvalue weighted by Gasteiger charge is 1.92. The van der Waals surface area contributed by atoms with Crippen molar-refractivity contribution in [2.45, 2.75) is 0 Å². The molecular formula is C4H5ClN2O. The molecule has 0 aliphatic heterocycles. The highest BCUT2D eigenvalue weighted by molar-refractivity contribution is 6.29. The van der Waals surface area contributed by atoms with Crippen LogP contribution in [0.2, 0.25) is 5.15 Å². The fraction of sp³-hybridized carbons (Fsp3) is 0.250. The summed E-state index contributed by atoms with van der Waals surface area (Å²) in [5.74, 6) is 0. The first kappa shape index (κ1) is 5.44. The minimum absolute atomic E-state index is 0.440. The van der Waals surface area contributed by atoms with E-state index in [0.717, 1.165) is 0 Å². The summed E-state index contributed by atoms with van der Waals surface area (Å²) in [6.07, 6.45) is 1.49. The van der Waals surface area contributed by atoms with Gasteiger partial charge >= 0.3 is 0 Å². The minimum atomic E-state index is 0.440. The normalized spacial score (nSPS) is 9.25. The number of hydrogen-bond donors (Lipinski definition) is 1. The highest BCUT2D eigenvalue weighted by Crippen LogP contribution is 2.07. The van der Waals surface area contributed by atoms with Crippen LogP contribution in [0.15, 0.2) is 6.20 Å². The van der Waals surface area contributed by atoms with Gasteiger partial charge in [0.15, 0.2) is 0 Å². The van der Waals surface area contributed by atoms with Crippen molar-refractivity contribution in [1.29, 1.82) is 0 Å². The third-order valence-electron chi connectivity index (χ3n) is 0.715. The smallest absolute Gasteiger partial charge is 0.294 e. The fourth-order valence-electron chi connectivity index (χ4n) is 0.386. The van der Waals surface area contributed by atoms with Crippen molar-refractivity contribution in [1.82, 2.24) is 9.97 Å². The summed E-state index contributed by atoms with van der Waals surface area (Å²) < 4.78 is 4.68. The molecule has 0 spiro atoms. The number of H-pyrrole nitrogens is 1. The van der Waals surface area contributed by atoms with E-state index in [2.05, 4.69) is 14.7 Å². The van der Waals surface area contributed by atoms with Crippen LogP contribution in [0.5, 0.6) is 6.01 Å². The molecule has 1 aromatic heterocycles. The van der Waals surface area contributed by atoms with E-state index in [4.69, 9.17) is 11.6 Å². The fourth-order valence-corrected chi connectivity index (χ4v) is 0.515. The van der Waals surface area contributed by atoms with E-state index < -0.39 is 0 Å². The van der Waals surface area contributed by atoms with Crippen LogP contribution in [0.1, 0.15) is 0 Å². The molecule has 0 atom stereocenters. The van der Waals surface area contributed by atoms with Crippen molar-refractivity contribution in [2.75, 3.05) is 7.11 Å². The lowest BCUT2D eigenvalue weighted by Gasteiger charge is -1.86. The molecule has 0 unspecified atom stereocenters. The Bertz CT molecular complexity index is 174. The molecule has 1 aromatic rings. The van der Waals surface area contributed by atoms with Gasteiger partial charge in [-0.2, -0.15) is 0 Å². The van der Waals surface area contributed by atoms with Gasteiger partial charge in [0, 0.05) is 0 Å². The number of methoxy groups -OCH3 is 1. The van der Waals surface area contributed by atoms with Crippen molar-refractivity contribution < 1.29 is 4.74 Å². The molecule has 0 bridgehead atoms. The lowest BCUT2D eigenvalue weighted by molar-refractivity contribution is 0.384. The van der Waals surface area contributed by atoms with Gasteiger partial charge in [-0.1, -0.05) is 11.6 Å². The van der Waals surface area contributed by atoms with Gasteiger partial charge in [0.1, 0.15) is 5.15 Å². The van der Waals surface area contributed by atoms with Crippen LogP contribution in [0.4, 0.5) is 0 Å². The SMILES string of the molecule is COc1ncc(Cl)[nH]1.